The molecule has 0 amide bonds. The predicted octanol–water partition coefficient (Wildman–Crippen LogP) is -0.229. The third-order valence-electron chi connectivity index (χ3n) is 2.90. The van der Waals surface area contributed by atoms with E-state index in [4.69, 9.17) is 5.73 Å². The zero-order valence-corrected chi connectivity index (χ0v) is 10.5. The van der Waals surface area contributed by atoms with Crippen LogP contribution in [0.4, 0.5) is 0 Å². The summed E-state index contributed by atoms with van der Waals surface area (Å²) in [5.41, 5.74) is 7.35. The summed E-state index contributed by atoms with van der Waals surface area (Å²) in [6.07, 6.45) is 0. The number of nitrogens with zero attached hydrogens (tertiary/aromatic N) is 2. The molecule has 17 heavy (non-hydrogen) atoms. The maximum Gasteiger partial charge on any atom is 0.152 e. The minimum absolute atomic E-state index is 0.254. The molecule has 1 aromatic heterocycles. The van der Waals surface area contributed by atoms with Gasteiger partial charge >= 0.3 is 0 Å². The number of sulfone groups is 1. The van der Waals surface area contributed by atoms with Crippen molar-refractivity contribution < 1.29 is 8.42 Å². The molecule has 2 rings (SSSR count). The highest BCUT2D eigenvalue weighted by molar-refractivity contribution is 7.91. The summed E-state index contributed by atoms with van der Waals surface area (Å²) in [7, 11) is -2.80. The van der Waals surface area contributed by atoms with Gasteiger partial charge < -0.3 is 5.73 Å². The molecule has 0 saturated carbocycles. The summed E-state index contributed by atoms with van der Waals surface area (Å²) in [6.45, 7) is 2.32. The molecule has 1 aromatic rings. The topological polar surface area (TPSA) is 76.3 Å². The van der Waals surface area contributed by atoms with Crippen LogP contribution < -0.4 is 5.73 Å². The Morgan fingerprint density at radius 3 is 2.53 bits per heavy atom. The lowest BCUT2D eigenvalue weighted by molar-refractivity contribution is 0.284. The van der Waals surface area contributed by atoms with Crippen LogP contribution in [0.15, 0.2) is 18.2 Å². The molecule has 2 heterocycles. The first-order chi connectivity index (χ1) is 8.09. The fourth-order valence-corrected chi connectivity index (χ4v) is 3.15. The zero-order chi connectivity index (χ0) is 12.3. The molecule has 1 fully saturated rings. The van der Waals surface area contributed by atoms with Crippen molar-refractivity contribution in [2.75, 3.05) is 24.6 Å². The van der Waals surface area contributed by atoms with E-state index in [2.05, 4.69) is 9.88 Å². The third-order valence-corrected chi connectivity index (χ3v) is 4.51. The highest BCUT2D eigenvalue weighted by Crippen LogP contribution is 2.08. The van der Waals surface area contributed by atoms with Crippen LogP contribution in [0.25, 0.3) is 0 Å². The van der Waals surface area contributed by atoms with Gasteiger partial charge in [-0.1, -0.05) is 6.07 Å². The second-order valence-corrected chi connectivity index (χ2v) is 6.56. The Morgan fingerprint density at radius 2 is 1.88 bits per heavy atom. The van der Waals surface area contributed by atoms with E-state index >= 15 is 0 Å². The molecule has 1 aliphatic heterocycles. The van der Waals surface area contributed by atoms with E-state index in [9.17, 15) is 8.42 Å². The number of pyridine rings is 1. The number of rotatable bonds is 3. The van der Waals surface area contributed by atoms with E-state index < -0.39 is 9.84 Å². The summed E-state index contributed by atoms with van der Waals surface area (Å²) >= 11 is 0. The molecular formula is C11H17N3O2S. The molecule has 0 spiro atoms. The standard InChI is InChI=1S/C11H17N3O2S/c12-8-10-2-1-3-11(13-10)9-14-4-6-17(15,16)7-5-14/h1-3H,4-9,12H2. The van der Waals surface area contributed by atoms with Crippen molar-refractivity contribution in [2.24, 2.45) is 5.73 Å². The molecule has 94 valence electrons. The molecule has 0 atom stereocenters. The third kappa shape index (κ3) is 3.49. The Hall–Kier alpha value is -0.980. The average molecular weight is 255 g/mol. The van der Waals surface area contributed by atoms with Gasteiger partial charge in [-0.05, 0) is 12.1 Å². The molecule has 0 radical (unpaired) electrons. The van der Waals surface area contributed by atoms with E-state index in [1.165, 1.54) is 0 Å². The first kappa shape index (κ1) is 12.5. The van der Waals surface area contributed by atoms with Gasteiger partial charge in [0.1, 0.15) is 0 Å². The van der Waals surface area contributed by atoms with Crippen LogP contribution in [0.3, 0.4) is 0 Å². The van der Waals surface area contributed by atoms with Crippen molar-refractivity contribution in [2.45, 2.75) is 13.1 Å². The van der Waals surface area contributed by atoms with Crippen LogP contribution >= 0.6 is 0 Å². The van der Waals surface area contributed by atoms with Crippen molar-refractivity contribution in [1.29, 1.82) is 0 Å². The first-order valence-corrected chi connectivity index (χ1v) is 7.49. The van der Waals surface area contributed by atoms with Crippen LogP contribution in [0.5, 0.6) is 0 Å². The second kappa shape index (κ2) is 5.12. The number of nitrogens with two attached hydrogens (primary N) is 1. The Morgan fingerprint density at radius 1 is 1.24 bits per heavy atom. The van der Waals surface area contributed by atoms with Gasteiger partial charge in [0.25, 0.3) is 0 Å². The highest BCUT2D eigenvalue weighted by Gasteiger charge is 2.21. The first-order valence-electron chi connectivity index (χ1n) is 5.67. The summed E-state index contributed by atoms with van der Waals surface area (Å²) in [6, 6.07) is 5.78. The molecule has 5 nitrogen and oxygen atoms in total. The van der Waals surface area contributed by atoms with Crippen LogP contribution in [0.2, 0.25) is 0 Å². The van der Waals surface area contributed by atoms with Gasteiger partial charge in [0, 0.05) is 26.2 Å². The molecular weight excluding hydrogens is 238 g/mol. The Bertz CT molecular complexity index is 473. The number of hydrogen-bond acceptors (Lipinski definition) is 5. The van der Waals surface area contributed by atoms with Crippen molar-refractivity contribution in [3.05, 3.63) is 29.6 Å². The molecule has 1 aliphatic rings. The fraction of sp³-hybridized carbons (Fsp3) is 0.545. The van der Waals surface area contributed by atoms with Crippen LogP contribution in [-0.2, 0) is 22.9 Å². The molecule has 6 heteroatoms. The predicted molar refractivity (Wildman–Crippen MR) is 66.1 cm³/mol. The average Bonchev–Trinajstić information content (AvgIpc) is 2.32. The normalized spacial score (nSPS) is 20.3. The van der Waals surface area contributed by atoms with Gasteiger partial charge in [0.2, 0.25) is 0 Å². The van der Waals surface area contributed by atoms with Gasteiger partial charge in [0.15, 0.2) is 9.84 Å². The number of hydrogen-bond donors (Lipinski definition) is 1. The van der Waals surface area contributed by atoms with Gasteiger partial charge in [-0.3, -0.25) is 9.88 Å². The highest BCUT2D eigenvalue weighted by atomic mass is 32.2. The smallest absolute Gasteiger partial charge is 0.152 e. The summed E-state index contributed by atoms with van der Waals surface area (Å²) in [4.78, 5) is 6.52. The van der Waals surface area contributed by atoms with E-state index in [-0.39, 0.29) is 11.5 Å². The summed E-state index contributed by atoms with van der Waals surface area (Å²) in [5.74, 6) is 0.507. The fourth-order valence-electron chi connectivity index (χ4n) is 1.87. The Kier molecular flexibility index (Phi) is 3.76. The van der Waals surface area contributed by atoms with Crippen LogP contribution in [-0.4, -0.2) is 42.9 Å². The monoisotopic (exact) mass is 255 g/mol. The van der Waals surface area contributed by atoms with E-state index in [1.54, 1.807) is 0 Å². The Labute approximate surface area is 102 Å². The van der Waals surface area contributed by atoms with Crippen molar-refractivity contribution in [3.63, 3.8) is 0 Å². The summed E-state index contributed by atoms with van der Waals surface area (Å²) in [5, 5.41) is 0. The molecule has 0 aliphatic carbocycles. The van der Waals surface area contributed by atoms with Crippen molar-refractivity contribution >= 4 is 9.84 Å². The lowest BCUT2D eigenvalue weighted by Crippen LogP contribution is -2.39. The molecule has 0 unspecified atom stereocenters. The minimum atomic E-state index is -2.80. The quantitative estimate of drug-likeness (QED) is 0.807. The lowest BCUT2D eigenvalue weighted by Gasteiger charge is -2.26. The van der Waals surface area contributed by atoms with Gasteiger partial charge in [0.05, 0.1) is 22.9 Å². The van der Waals surface area contributed by atoms with Crippen LogP contribution in [0.1, 0.15) is 11.4 Å². The molecule has 1 saturated heterocycles. The van der Waals surface area contributed by atoms with E-state index in [1.807, 2.05) is 18.2 Å². The zero-order valence-electron chi connectivity index (χ0n) is 9.67. The van der Waals surface area contributed by atoms with Gasteiger partial charge in [-0.15, -0.1) is 0 Å². The molecule has 0 aromatic carbocycles. The second-order valence-electron chi connectivity index (χ2n) is 4.25. The van der Waals surface area contributed by atoms with Crippen molar-refractivity contribution in [3.8, 4) is 0 Å². The SMILES string of the molecule is NCc1cccc(CN2CCS(=O)(=O)CC2)n1. The lowest BCUT2D eigenvalue weighted by atomic mass is 10.3. The minimum Gasteiger partial charge on any atom is -0.325 e. The van der Waals surface area contributed by atoms with Crippen molar-refractivity contribution in [1.82, 2.24) is 9.88 Å². The van der Waals surface area contributed by atoms with E-state index in [0.29, 0.717) is 26.2 Å². The number of aromatic nitrogens is 1. The largest absolute Gasteiger partial charge is 0.325 e. The molecule has 2 N–H and O–H groups in total. The maximum atomic E-state index is 11.3. The maximum absolute atomic E-state index is 11.3. The van der Waals surface area contributed by atoms with Gasteiger partial charge in [-0.2, -0.15) is 0 Å². The summed E-state index contributed by atoms with van der Waals surface area (Å²) < 4.78 is 22.6. The van der Waals surface area contributed by atoms with Crippen LogP contribution in [0, 0.1) is 0 Å². The Balaban J connectivity index is 1.97. The van der Waals surface area contributed by atoms with E-state index in [0.717, 1.165) is 11.4 Å². The van der Waals surface area contributed by atoms with Gasteiger partial charge in [-0.25, -0.2) is 8.42 Å². The molecule has 0 bridgehead atoms.